The van der Waals surface area contributed by atoms with E-state index in [0.717, 1.165) is 10.6 Å². The van der Waals surface area contributed by atoms with E-state index in [9.17, 15) is 14.4 Å². The van der Waals surface area contributed by atoms with E-state index in [1.165, 1.54) is 42.1 Å². The average Bonchev–Trinajstić information content (AvgIpc) is 3.26. The van der Waals surface area contributed by atoms with Crippen LogP contribution in [0.15, 0.2) is 47.8 Å². The number of carbonyl (C=O) groups excluding carboxylic acids is 3. The van der Waals surface area contributed by atoms with E-state index < -0.39 is 11.9 Å². The Morgan fingerprint density at radius 1 is 1.10 bits per heavy atom. The third kappa shape index (κ3) is 3.74. The van der Waals surface area contributed by atoms with Gasteiger partial charge in [0.2, 0.25) is 0 Å². The van der Waals surface area contributed by atoms with E-state index in [0.29, 0.717) is 16.4 Å². The van der Waals surface area contributed by atoms with E-state index in [1.54, 1.807) is 0 Å². The molecule has 0 spiro atoms. The van der Waals surface area contributed by atoms with Crippen LogP contribution in [-0.4, -0.2) is 34.7 Å². The van der Waals surface area contributed by atoms with Crippen LogP contribution in [-0.2, 0) is 11.3 Å². The summed E-state index contributed by atoms with van der Waals surface area (Å²) < 4.78 is 5.31. The fourth-order valence-electron chi connectivity index (χ4n) is 2.90. The zero-order valence-corrected chi connectivity index (χ0v) is 16.6. The summed E-state index contributed by atoms with van der Waals surface area (Å²) in [7, 11) is 1.41. The van der Waals surface area contributed by atoms with Crippen LogP contribution in [0.3, 0.4) is 0 Å². The number of thiazole rings is 1. The molecule has 8 heteroatoms. The van der Waals surface area contributed by atoms with Gasteiger partial charge in [-0.3, -0.25) is 14.5 Å². The Bertz CT molecular complexity index is 1120. The number of fused-ring (bicyclic) bond motifs is 1. The van der Waals surface area contributed by atoms with Crippen molar-refractivity contribution >= 4 is 39.9 Å². The number of rotatable bonds is 5. The molecule has 0 saturated carbocycles. The molecule has 7 nitrogen and oxygen atoms in total. The maximum Gasteiger partial charge on any atom is 0.338 e. The summed E-state index contributed by atoms with van der Waals surface area (Å²) in [5.41, 5.74) is 3.44. The van der Waals surface area contributed by atoms with Crippen molar-refractivity contribution in [1.82, 2.24) is 9.88 Å². The molecule has 29 heavy (non-hydrogen) atoms. The van der Waals surface area contributed by atoms with Gasteiger partial charge in [-0.1, -0.05) is 17.7 Å². The van der Waals surface area contributed by atoms with Gasteiger partial charge >= 0.3 is 5.97 Å². The third-order valence-corrected chi connectivity index (χ3v) is 5.34. The van der Waals surface area contributed by atoms with Crippen LogP contribution in [0.2, 0.25) is 0 Å². The van der Waals surface area contributed by atoms with E-state index in [2.05, 4.69) is 10.3 Å². The number of nitrogens with zero attached hydrogens (tertiary/aromatic N) is 2. The smallest absolute Gasteiger partial charge is 0.338 e. The minimum absolute atomic E-state index is 0.00871. The highest BCUT2D eigenvalue weighted by atomic mass is 32.1. The van der Waals surface area contributed by atoms with Crippen LogP contribution in [0, 0.1) is 6.92 Å². The predicted octanol–water partition coefficient (Wildman–Crippen LogP) is 3.78. The van der Waals surface area contributed by atoms with Crippen LogP contribution in [0.1, 0.15) is 42.3 Å². The van der Waals surface area contributed by atoms with E-state index in [4.69, 9.17) is 4.74 Å². The Balaban J connectivity index is 1.39. The number of imide groups is 1. The van der Waals surface area contributed by atoms with Crippen molar-refractivity contribution in [2.75, 3.05) is 12.4 Å². The number of amides is 2. The van der Waals surface area contributed by atoms with Gasteiger partial charge in [0.1, 0.15) is 6.61 Å². The summed E-state index contributed by atoms with van der Waals surface area (Å²) >= 11 is 1.41. The lowest BCUT2D eigenvalue weighted by molar-refractivity contribution is 0.0468. The number of hydrogen-bond acceptors (Lipinski definition) is 7. The van der Waals surface area contributed by atoms with Gasteiger partial charge in [0, 0.05) is 18.1 Å². The number of nitrogens with one attached hydrogen (secondary N) is 1. The van der Waals surface area contributed by atoms with Gasteiger partial charge in [-0.15, -0.1) is 11.3 Å². The number of benzene rings is 2. The molecule has 0 saturated heterocycles. The monoisotopic (exact) mass is 407 g/mol. The number of aromatic nitrogens is 1. The van der Waals surface area contributed by atoms with E-state index in [1.807, 2.05) is 36.6 Å². The molecule has 0 unspecified atom stereocenters. The second kappa shape index (κ2) is 7.48. The molecule has 0 atom stereocenters. The van der Waals surface area contributed by atoms with Crippen LogP contribution in [0.4, 0.5) is 10.8 Å². The van der Waals surface area contributed by atoms with E-state index in [-0.39, 0.29) is 23.6 Å². The van der Waals surface area contributed by atoms with Gasteiger partial charge in [-0.05, 0) is 37.3 Å². The molecule has 146 valence electrons. The summed E-state index contributed by atoms with van der Waals surface area (Å²) in [6, 6.07) is 12.3. The summed E-state index contributed by atoms with van der Waals surface area (Å²) in [5, 5.41) is 5.71. The maximum absolute atomic E-state index is 12.3. The van der Waals surface area contributed by atoms with Gasteiger partial charge in [0.25, 0.3) is 11.8 Å². The van der Waals surface area contributed by atoms with E-state index >= 15 is 0 Å². The number of aryl methyl sites for hydroxylation is 1. The fourth-order valence-corrected chi connectivity index (χ4v) is 3.62. The highest BCUT2D eigenvalue weighted by Gasteiger charge is 2.33. The summed E-state index contributed by atoms with van der Waals surface area (Å²) in [6.07, 6.45) is 0. The molecular weight excluding hydrogens is 390 g/mol. The number of ether oxygens (including phenoxy) is 1. The highest BCUT2D eigenvalue weighted by molar-refractivity contribution is 7.13. The molecule has 0 bridgehead atoms. The molecule has 2 amide bonds. The second-order valence-corrected chi connectivity index (χ2v) is 7.50. The van der Waals surface area contributed by atoms with Gasteiger partial charge in [-0.25, -0.2) is 9.78 Å². The van der Waals surface area contributed by atoms with Crippen molar-refractivity contribution in [2.45, 2.75) is 13.5 Å². The first-order chi connectivity index (χ1) is 13.9. The first-order valence-corrected chi connectivity index (χ1v) is 9.72. The molecule has 4 rings (SSSR count). The quantitative estimate of drug-likeness (QED) is 0.512. The number of anilines is 2. The lowest BCUT2D eigenvalue weighted by Crippen LogP contribution is -2.24. The van der Waals surface area contributed by atoms with Gasteiger partial charge < -0.3 is 10.1 Å². The molecule has 1 aromatic heterocycles. The molecular formula is C21H17N3O4S. The van der Waals surface area contributed by atoms with Crippen molar-refractivity contribution in [2.24, 2.45) is 0 Å². The van der Waals surface area contributed by atoms with Crippen LogP contribution >= 0.6 is 11.3 Å². The van der Waals surface area contributed by atoms with Gasteiger partial charge in [0.05, 0.1) is 22.4 Å². The average molecular weight is 407 g/mol. The summed E-state index contributed by atoms with van der Waals surface area (Å²) in [5.74, 6) is -1.38. The van der Waals surface area contributed by atoms with Crippen molar-refractivity contribution < 1.29 is 19.1 Å². The van der Waals surface area contributed by atoms with Crippen LogP contribution in [0.25, 0.3) is 0 Å². The Hall–Kier alpha value is -3.52. The lowest BCUT2D eigenvalue weighted by atomic mass is 10.1. The molecule has 0 radical (unpaired) electrons. The molecule has 2 aromatic carbocycles. The van der Waals surface area contributed by atoms with Crippen LogP contribution in [0.5, 0.6) is 0 Å². The Morgan fingerprint density at radius 3 is 2.59 bits per heavy atom. The van der Waals surface area contributed by atoms with Crippen molar-refractivity contribution in [3.63, 3.8) is 0 Å². The summed E-state index contributed by atoms with van der Waals surface area (Å²) in [4.78, 5) is 41.8. The maximum atomic E-state index is 12.3. The minimum atomic E-state index is -0.580. The molecule has 0 aliphatic carbocycles. The van der Waals surface area contributed by atoms with Crippen LogP contribution < -0.4 is 5.32 Å². The molecule has 3 aromatic rings. The van der Waals surface area contributed by atoms with Crippen molar-refractivity contribution in [1.29, 1.82) is 0 Å². The Morgan fingerprint density at radius 2 is 1.83 bits per heavy atom. The molecule has 1 N–H and O–H groups in total. The predicted molar refractivity (Wildman–Crippen MR) is 109 cm³/mol. The Labute approximate surface area is 170 Å². The van der Waals surface area contributed by atoms with Crippen molar-refractivity contribution in [3.05, 3.63) is 75.8 Å². The normalized spacial score (nSPS) is 12.8. The first kappa shape index (κ1) is 18.8. The third-order valence-electron chi connectivity index (χ3n) is 4.53. The SMILES string of the molecule is Cc1ccc(Nc2nc(COC(=O)c3ccc4c(c3)C(=O)N(C)C4=O)cs2)cc1. The molecule has 2 heterocycles. The zero-order chi connectivity index (χ0) is 20.5. The summed E-state index contributed by atoms with van der Waals surface area (Å²) in [6.45, 7) is 2.03. The molecule has 1 aliphatic rings. The Kier molecular flexibility index (Phi) is 4.85. The minimum Gasteiger partial charge on any atom is -0.456 e. The largest absolute Gasteiger partial charge is 0.456 e. The van der Waals surface area contributed by atoms with Crippen molar-refractivity contribution in [3.8, 4) is 0 Å². The number of hydrogen-bond donors (Lipinski definition) is 1. The number of carbonyl (C=O) groups is 3. The van der Waals surface area contributed by atoms with Gasteiger partial charge in [-0.2, -0.15) is 0 Å². The molecule has 0 fully saturated rings. The lowest BCUT2D eigenvalue weighted by Gasteiger charge is -2.04. The topological polar surface area (TPSA) is 88.6 Å². The molecule has 1 aliphatic heterocycles. The zero-order valence-electron chi connectivity index (χ0n) is 15.8. The number of esters is 1. The first-order valence-electron chi connectivity index (χ1n) is 8.84. The van der Waals surface area contributed by atoms with Gasteiger partial charge in [0.15, 0.2) is 5.13 Å². The second-order valence-electron chi connectivity index (χ2n) is 6.64. The highest BCUT2D eigenvalue weighted by Crippen LogP contribution is 2.24. The standard InChI is InChI=1S/C21H17N3O4S/c1-12-3-6-14(7-4-12)22-21-23-15(11-29-21)10-28-20(27)13-5-8-16-17(9-13)19(26)24(2)18(16)25/h3-9,11H,10H2,1-2H3,(H,22,23). The fraction of sp³-hybridized carbons (Fsp3) is 0.143.